The van der Waals surface area contributed by atoms with Crippen molar-refractivity contribution < 1.29 is 17.5 Å². The normalized spacial score (nSPS) is 20.8. The van der Waals surface area contributed by atoms with Gasteiger partial charge in [0.25, 0.3) is 7.37 Å². The Bertz CT molecular complexity index is 744. The lowest BCUT2D eigenvalue weighted by Crippen LogP contribution is -2.23. The van der Waals surface area contributed by atoms with Gasteiger partial charge in [-0.3, -0.25) is 4.57 Å². The van der Waals surface area contributed by atoms with Gasteiger partial charge in [0.2, 0.25) is 0 Å². The Morgan fingerprint density at radius 2 is 1.41 bits per heavy atom. The molecule has 6 heteroatoms. The largest absolute Gasteiger partial charge is 0.318 e. The van der Waals surface area contributed by atoms with Crippen LogP contribution >= 0.6 is 7.37 Å². The van der Waals surface area contributed by atoms with Gasteiger partial charge in [0.1, 0.15) is 0 Å². The van der Waals surface area contributed by atoms with Crippen LogP contribution in [-0.2, 0) is 18.9 Å². The molecule has 0 N–H and O–H groups in total. The lowest BCUT2D eigenvalue weighted by molar-refractivity contribution is 0.240. The molecule has 4 nitrogen and oxygen atoms in total. The predicted molar refractivity (Wildman–Crippen MR) is 87.9 cm³/mol. The highest BCUT2D eigenvalue weighted by molar-refractivity contribution is 7.91. The van der Waals surface area contributed by atoms with Gasteiger partial charge in [-0.2, -0.15) is 0 Å². The molecule has 1 aliphatic rings. The van der Waals surface area contributed by atoms with Crippen molar-refractivity contribution in [3.63, 3.8) is 0 Å². The van der Waals surface area contributed by atoms with E-state index in [0.29, 0.717) is 17.0 Å². The van der Waals surface area contributed by atoms with Crippen molar-refractivity contribution >= 4 is 27.8 Å². The summed E-state index contributed by atoms with van der Waals surface area (Å²) in [6, 6.07) is 18.0. The van der Waals surface area contributed by atoms with Gasteiger partial charge in [-0.25, -0.2) is 8.42 Å². The third-order valence-electron chi connectivity index (χ3n) is 3.68. The topological polar surface area (TPSA) is 60.4 Å². The second-order valence-corrected chi connectivity index (χ2v) is 9.93. The van der Waals surface area contributed by atoms with Crippen LogP contribution in [0.25, 0.3) is 0 Å². The lowest BCUT2D eigenvalue weighted by Gasteiger charge is -2.22. The molecule has 0 spiro atoms. The average molecular weight is 336 g/mol. The van der Waals surface area contributed by atoms with Gasteiger partial charge in [-0.1, -0.05) is 36.4 Å². The first-order chi connectivity index (χ1) is 10.5. The molecule has 0 bridgehead atoms. The molecule has 0 aliphatic carbocycles. The van der Waals surface area contributed by atoms with Crippen molar-refractivity contribution in [2.45, 2.75) is 12.5 Å². The second kappa shape index (κ2) is 5.99. The van der Waals surface area contributed by atoms with E-state index in [-0.39, 0.29) is 11.5 Å². The van der Waals surface area contributed by atoms with E-state index in [9.17, 15) is 13.0 Å². The average Bonchev–Trinajstić information content (AvgIpc) is 2.87. The molecule has 22 heavy (non-hydrogen) atoms. The first-order valence-electron chi connectivity index (χ1n) is 7.10. The third-order valence-corrected chi connectivity index (χ3v) is 7.97. The molecule has 0 amide bonds. The quantitative estimate of drug-likeness (QED) is 0.803. The van der Waals surface area contributed by atoms with Crippen molar-refractivity contribution in [2.24, 2.45) is 0 Å². The highest BCUT2D eigenvalue weighted by Crippen LogP contribution is 2.47. The summed E-state index contributed by atoms with van der Waals surface area (Å²) in [5.74, 6) is 0.0396. The zero-order chi connectivity index (χ0) is 15.6. The Morgan fingerprint density at radius 1 is 0.909 bits per heavy atom. The van der Waals surface area contributed by atoms with Crippen molar-refractivity contribution in [1.29, 1.82) is 0 Å². The minimum atomic E-state index is -3.29. The molecule has 1 fully saturated rings. The highest BCUT2D eigenvalue weighted by atomic mass is 32.2. The van der Waals surface area contributed by atoms with E-state index >= 15 is 0 Å². The zero-order valence-electron chi connectivity index (χ0n) is 12.0. The fourth-order valence-electron chi connectivity index (χ4n) is 2.57. The monoisotopic (exact) mass is 336 g/mol. The van der Waals surface area contributed by atoms with Gasteiger partial charge in [0.15, 0.2) is 9.84 Å². The molecule has 1 saturated heterocycles. The van der Waals surface area contributed by atoms with Crippen LogP contribution in [0, 0.1) is 0 Å². The Hall–Kier alpha value is -1.42. The van der Waals surface area contributed by atoms with Crippen LogP contribution < -0.4 is 10.6 Å². The molecule has 2 aromatic carbocycles. The maximum atomic E-state index is 13.6. The summed E-state index contributed by atoms with van der Waals surface area (Å²) in [6.07, 6.45) is -0.123. The smallest absolute Gasteiger partial charge is 0.261 e. The summed E-state index contributed by atoms with van der Waals surface area (Å²) >= 11 is 0. The molecule has 3 rings (SSSR count). The maximum Gasteiger partial charge on any atom is 0.261 e. The van der Waals surface area contributed by atoms with Crippen molar-refractivity contribution in [3.05, 3.63) is 60.7 Å². The van der Waals surface area contributed by atoms with Crippen LogP contribution in [0.15, 0.2) is 60.7 Å². The summed E-state index contributed by atoms with van der Waals surface area (Å²) in [5, 5.41) is 1.18. The van der Waals surface area contributed by atoms with E-state index < -0.39 is 23.3 Å². The van der Waals surface area contributed by atoms with Crippen LogP contribution in [0.3, 0.4) is 0 Å². The second-order valence-electron chi connectivity index (χ2n) is 5.35. The number of hydrogen-bond acceptors (Lipinski definition) is 4. The minimum absolute atomic E-state index is 0.0589. The molecule has 1 aliphatic heterocycles. The first-order valence-corrected chi connectivity index (χ1v) is 10.5. The Morgan fingerprint density at radius 3 is 1.82 bits per heavy atom. The molecule has 116 valence electrons. The van der Waals surface area contributed by atoms with E-state index in [1.165, 1.54) is 0 Å². The van der Waals surface area contributed by atoms with Crippen molar-refractivity contribution in [3.8, 4) is 0 Å². The minimum Gasteiger partial charge on any atom is -0.318 e. The van der Waals surface area contributed by atoms with E-state index in [1.54, 1.807) is 48.5 Å². The maximum absolute atomic E-state index is 13.6. The predicted octanol–water partition coefficient (Wildman–Crippen LogP) is 2.12. The SMILES string of the molecule is O=P(O[C@H]1CCS(=O)(=O)C1)(c1ccccc1)c1ccccc1. The van der Waals surface area contributed by atoms with E-state index in [0.717, 1.165) is 0 Å². The lowest BCUT2D eigenvalue weighted by atomic mass is 10.3. The van der Waals surface area contributed by atoms with Crippen molar-refractivity contribution in [1.82, 2.24) is 0 Å². The Kier molecular flexibility index (Phi) is 4.22. The summed E-state index contributed by atoms with van der Waals surface area (Å²) in [6.45, 7) is 0. The van der Waals surface area contributed by atoms with Gasteiger partial charge >= 0.3 is 0 Å². The molecule has 2 aromatic rings. The van der Waals surface area contributed by atoms with Gasteiger partial charge in [0, 0.05) is 10.6 Å². The van der Waals surface area contributed by atoms with Gasteiger partial charge in [0.05, 0.1) is 17.6 Å². The van der Waals surface area contributed by atoms with Gasteiger partial charge in [-0.05, 0) is 30.7 Å². The summed E-state index contributed by atoms with van der Waals surface area (Å²) in [5.41, 5.74) is 0. The molecule has 1 heterocycles. The number of sulfone groups is 1. The summed E-state index contributed by atoms with van der Waals surface area (Å²) in [4.78, 5) is 0. The van der Waals surface area contributed by atoms with Gasteiger partial charge < -0.3 is 4.52 Å². The van der Waals surface area contributed by atoms with E-state index in [4.69, 9.17) is 4.52 Å². The Labute approximate surface area is 130 Å². The van der Waals surface area contributed by atoms with Crippen LogP contribution in [0.5, 0.6) is 0 Å². The number of hydrogen-bond donors (Lipinski definition) is 0. The summed E-state index contributed by atoms with van der Waals surface area (Å²) < 4.78 is 42.7. The zero-order valence-corrected chi connectivity index (χ0v) is 13.7. The van der Waals surface area contributed by atoms with Crippen LogP contribution in [0.2, 0.25) is 0 Å². The number of rotatable bonds is 4. The first kappa shape index (κ1) is 15.5. The fraction of sp³-hybridized carbons (Fsp3) is 0.250. The van der Waals surface area contributed by atoms with Crippen molar-refractivity contribution in [2.75, 3.05) is 11.5 Å². The number of benzene rings is 2. The molecule has 0 aromatic heterocycles. The molecule has 0 radical (unpaired) electrons. The molecule has 0 unspecified atom stereocenters. The molecule has 1 atom stereocenters. The van der Waals surface area contributed by atoms with Gasteiger partial charge in [-0.15, -0.1) is 0 Å². The Balaban J connectivity index is 2.00. The van der Waals surface area contributed by atoms with Crippen LogP contribution in [-0.4, -0.2) is 26.0 Å². The third kappa shape index (κ3) is 3.17. The molecular weight excluding hydrogens is 319 g/mol. The summed E-state index contributed by atoms with van der Waals surface area (Å²) in [7, 11) is -6.37. The fourth-order valence-corrected chi connectivity index (χ4v) is 6.53. The van der Waals surface area contributed by atoms with Crippen LogP contribution in [0.1, 0.15) is 6.42 Å². The molecule has 0 saturated carbocycles. The standard InChI is InChI=1S/C16H17O4PS/c17-21(15-7-3-1-4-8-15,16-9-5-2-6-10-16)20-14-11-12-22(18,19)13-14/h1-10,14H,11-13H2/t14-/m0/s1. The van der Waals surface area contributed by atoms with E-state index in [2.05, 4.69) is 0 Å². The van der Waals surface area contributed by atoms with E-state index in [1.807, 2.05) is 12.1 Å². The molecular formula is C16H17O4PS. The van der Waals surface area contributed by atoms with Crippen LogP contribution in [0.4, 0.5) is 0 Å². The highest BCUT2D eigenvalue weighted by Gasteiger charge is 2.37.